The van der Waals surface area contributed by atoms with Gasteiger partial charge < -0.3 is 4.90 Å². The number of hydrogen-bond donors (Lipinski definition) is 0. The lowest BCUT2D eigenvalue weighted by molar-refractivity contribution is 0.466. The number of sulfonamides is 1. The normalized spacial score (nSPS) is 15.1. The number of para-hydroxylation sites is 1. The Labute approximate surface area is 158 Å². The smallest absolute Gasteiger partial charge is 0.244 e. The highest BCUT2D eigenvalue weighted by atomic mass is 79.9. The Morgan fingerprint density at radius 3 is 2.48 bits per heavy atom. The first-order valence-electron chi connectivity index (χ1n) is 8.45. The summed E-state index contributed by atoms with van der Waals surface area (Å²) < 4.78 is 28.0. The number of nitrogens with zero attached hydrogens (tertiary/aromatic N) is 2. The van der Waals surface area contributed by atoms with Gasteiger partial charge in [0.25, 0.3) is 0 Å². The van der Waals surface area contributed by atoms with Gasteiger partial charge in [0, 0.05) is 36.8 Å². The molecule has 2 aromatic rings. The number of benzene rings is 2. The van der Waals surface area contributed by atoms with Gasteiger partial charge in [-0.3, -0.25) is 0 Å². The Morgan fingerprint density at radius 2 is 1.80 bits per heavy atom. The van der Waals surface area contributed by atoms with Crippen LogP contribution in [0.25, 0.3) is 0 Å². The molecule has 134 valence electrons. The van der Waals surface area contributed by atoms with Crippen LogP contribution in [-0.4, -0.2) is 32.9 Å². The molecule has 25 heavy (non-hydrogen) atoms. The zero-order valence-electron chi connectivity index (χ0n) is 14.6. The van der Waals surface area contributed by atoms with Crippen LogP contribution in [0, 0.1) is 6.92 Å². The minimum Gasteiger partial charge on any atom is -0.371 e. The van der Waals surface area contributed by atoms with Crippen molar-refractivity contribution in [3.63, 3.8) is 0 Å². The van der Waals surface area contributed by atoms with Crippen LogP contribution >= 0.6 is 15.9 Å². The van der Waals surface area contributed by atoms with Gasteiger partial charge in [0.1, 0.15) is 0 Å². The molecule has 3 rings (SSSR count). The second-order valence-corrected chi connectivity index (χ2v) is 9.39. The SMILES string of the molecule is Cc1ccc(S(=O)(=O)N(C)Cc2ccccc2N2CCCC2)c(Br)c1. The van der Waals surface area contributed by atoms with Crippen LogP contribution in [0.15, 0.2) is 51.8 Å². The van der Waals surface area contributed by atoms with Crippen LogP contribution in [0.5, 0.6) is 0 Å². The molecule has 1 aliphatic rings. The predicted molar refractivity (Wildman–Crippen MR) is 105 cm³/mol. The van der Waals surface area contributed by atoms with Crippen molar-refractivity contribution in [3.05, 3.63) is 58.1 Å². The molecule has 0 saturated carbocycles. The summed E-state index contributed by atoms with van der Waals surface area (Å²) >= 11 is 3.39. The molecule has 0 bridgehead atoms. The standard InChI is InChI=1S/C19H23BrN2O2S/c1-15-9-10-19(17(20)13-15)25(23,24)21(2)14-16-7-3-4-8-18(16)22-11-5-6-12-22/h3-4,7-10,13H,5-6,11-12,14H2,1-2H3. The summed E-state index contributed by atoms with van der Waals surface area (Å²) in [5, 5.41) is 0. The third-order valence-corrected chi connectivity index (χ3v) is 7.39. The molecule has 1 aliphatic heterocycles. The highest BCUT2D eigenvalue weighted by Crippen LogP contribution is 2.29. The van der Waals surface area contributed by atoms with Gasteiger partial charge in [-0.05, 0) is 65.0 Å². The summed E-state index contributed by atoms with van der Waals surface area (Å²) in [6.07, 6.45) is 2.39. The van der Waals surface area contributed by atoms with Crippen molar-refractivity contribution in [2.24, 2.45) is 0 Å². The Morgan fingerprint density at radius 1 is 1.12 bits per heavy atom. The maximum Gasteiger partial charge on any atom is 0.244 e. The van der Waals surface area contributed by atoms with Crippen molar-refractivity contribution in [1.82, 2.24) is 4.31 Å². The number of rotatable bonds is 5. The van der Waals surface area contributed by atoms with E-state index in [9.17, 15) is 8.42 Å². The van der Waals surface area contributed by atoms with Crippen molar-refractivity contribution in [1.29, 1.82) is 0 Å². The van der Waals surface area contributed by atoms with Crippen LogP contribution < -0.4 is 4.90 Å². The molecule has 0 spiro atoms. The summed E-state index contributed by atoms with van der Waals surface area (Å²) in [5.74, 6) is 0. The summed E-state index contributed by atoms with van der Waals surface area (Å²) in [5.41, 5.74) is 3.21. The fraction of sp³-hybridized carbons (Fsp3) is 0.368. The van der Waals surface area contributed by atoms with Crippen LogP contribution in [-0.2, 0) is 16.6 Å². The van der Waals surface area contributed by atoms with Crippen molar-refractivity contribution in [2.45, 2.75) is 31.2 Å². The van der Waals surface area contributed by atoms with E-state index in [0.717, 1.165) is 29.9 Å². The average Bonchev–Trinajstić information content (AvgIpc) is 3.09. The molecule has 0 unspecified atom stereocenters. The predicted octanol–water partition coefficient (Wildman–Crippen LogP) is 4.18. The topological polar surface area (TPSA) is 40.6 Å². The van der Waals surface area contributed by atoms with E-state index in [1.807, 2.05) is 37.3 Å². The number of halogens is 1. The Hall–Kier alpha value is -1.37. The van der Waals surface area contributed by atoms with E-state index in [0.29, 0.717) is 15.9 Å². The number of hydrogen-bond acceptors (Lipinski definition) is 3. The first-order valence-corrected chi connectivity index (χ1v) is 10.7. The van der Waals surface area contributed by atoms with Gasteiger partial charge in [-0.15, -0.1) is 0 Å². The summed E-state index contributed by atoms with van der Waals surface area (Å²) in [6.45, 7) is 4.38. The molecule has 0 radical (unpaired) electrons. The quantitative estimate of drug-likeness (QED) is 0.725. The lowest BCUT2D eigenvalue weighted by atomic mass is 10.1. The number of anilines is 1. The fourth-order valence-corrected chi connectivity index (χ4v) is 5.52. The Bertz CT molecular complexity index is 861. The van der Waals surface area contributed by atoms with Gasteiger partial charge in [-0.2, -0.15) is 4.31 Å². The van der Waals surface area contributed by atoms with E-state index < -0.39 is 10.0 Å². The lowest BCUT2D eigenvalue weighted by Crippen LogP contribution is -2.28. The third-order valence-electron chi connectivity index (χ3n) is 4.61. The highest BCUT2D eigenvalue weighted by molar-refractivity contribution is 9.10. The van der Waals surface area contributed by atoms with E-state index in [4.69, 9.17) is 0 Å². The van der Waals surface area contributed by atoms with Gasteiger partial charge >= 0.3 is 0 Å². The molecule has 0 amide bonds. The van der Waals surface area contributed by atoms with Crippen LogP contribution in [0.1, 0.15) is 24.0 Å². The summed E-state index contributed by atoms with van der Waals surface area (Å²) in [4.78, 5) is 2.65. The molecular weight excluding hydrogens is 400 g/mol. The molecule has 1 fully saturated rings. The van der Waals surface area contributed by atoms with Gasteiger partial charge in [-0.25, -0.2) is 8.42 Å². The summed E-state index contributed by atoms with van der Waals surface area (Å²) in [6, 6.07) is 13.4. The third kappa shape index (κ3) is 3.91. The van der Waals surface area contributed by atoms with E-state index >= 15 is 0 Å². The second kappa shape index (κ2) is 7.48. The Balaban J connectivity index is 1.88. The lowest BCUT2D eigenvalue weighted by Gasteiger charge is -2.24. The van der Waals surface area contributed by atoms with Gasteiger partial charge in [-0.1, -0.05) is 24.3 Å². The molecular formula is C19H23BrN2O2S. The van der Waals surface area contributed by atoms with E-state index in [1.54, 1.807) is 13.1 Å². The van der Waals surface area contributed by atoms with Gasteiger partial charge in [0.05, 0.1) is 4.90 Å². The minimum absolute atomic E-state index is 0.305. The monoisotopic (exact) mass is 422 g/mol. The maximum absolute atomic E-state index is 13.0. The van der Waals surface area contributed by atoms with Crippen molar-refractivity contribution in [2.75, 3.05) is 25.0 Å². The molecule has 2 aromatic carbocycles. The molecule has 1 saturated heterocycles. The Kier molecular flexibility index (Phi) is 5.51. The maximum atomic E-state index is 13.0. The van der Waals surface area contributed by atoms with Gasteiger partial charge in [0.15, 0.2) is 0 Å². The molecule has 4 nitrogen and oxygen atoms in total. The van der Waals surface area contributed by atoms with Crippen molar-refractivity contribution < 1.29 is 8.42 Å². The van der Waals surface area contributed by atoms with Crippen molar-refractivity contribution in [3.8, 4) is 0 Å². The van der Waals surface area contributed by atoms with E-state index in [2.05, 4.69) is 26.9 Å². The van der Waals surface area contributed by atoms with Crippen LogP contribution in [0.4, 0.5) is 5.69 Å². The average molecular weight is 423 g/mol. The first kappa shape index (κ1) is 18.4. The molecule has 1 heterocycles. The van der Waals surface area contributed by atoms with Crippen LogP contribution in [0.2, 0.25) is 0 Å². The fourth-order valence-electron chi connectivity index (χ4n) is 3.22. The molecule has 6 heteroatoms. The largest absolute Gasteiger partial charge is 0.371 e. The first-order chi connectivity index (χ1) is 11.9. The van der Waals surface area contributed by atoms with Crippen molar-refractivity contribution >= 4 is 31.6 Å². The summed E-state index contributed by atoms with van der Waals surface area (Å²) in [7, 11) is -1.92. The van der Waals surface area contributed by atoms with Crippen LogP contribution in [0.3, 0.4) is 0 Å². The second-order valence-electron chi connectivity index (χ2n) is 6.52. The van der Waals surface area contributed by atoms with Gasteiger partial charge in [0.2, 0.25) is 10.0 Å². The number of aryl methyl sites for hydroxylation is 1. The molecule has 0 N–H and O–H groups in total. The molecule has 0 aliphatic carbocycles. The zero-order chi connectivity index (χ0) is 18.0. The highest BCUT2D eigenvalue weighted by Gasteiger charge is 2.25. The van der Waals surface area contributed by atoms with E-state index in [-0.39, 0.29) is 0 Å². The van der Waals surface area contributed by atoms with E-state index in [1.165, 1.54) is 17.1 Å². The minimum atomic E-state index is -3.56. The molecule has 0 aromatic heterocycles. The molecule has 0 atom stereocenters. The zero-order valence-corrected chi connectivity index (χ0v) is 17.0.